The molecule has 0 bridgehead atoms. The summed E-state index contributed by atoms with van der Waals surface area (Å²) in [4.78, 5) is 0. The molecule has 2 rings (SSSR count). The van der Waals surface area contributed by atoms with Gasteiger partial charge in [-0.25, -0.2) is 0 Å². The quantitative estimate of drug-likeness (QED) is 0.828. The van der Waals surface area contributed by atoms with Gasteiger partial charge in [-0.1, -0.05) is 34.1 Å². The lowest BCUT2D eigenvalue weighted by molar-refractivity contribution is 0.210. The molecular formula is C15H15BrO3. The highest BCUT2D eigenvalue weighted by molar-refractivity contribution is 9.10. The van der Waals surface area contributed by atoms with E-state index in [1.165, 1.54) is 0 Å². The molecule has 0 amide bonds. The van der Waals surface area contributed by atoms with E-state index < -0.39 is 0 Å². The summed E-state index contributed by atoms with van der Waals surface area (Å²) in [5, 5.41) is 9.25. The Labute approximate surface area is 120 Å². The first kappa shape index (κ1) is 13.9. The van der Waals surface area contributed by atoms with Crippen molar-refractivity contribution in [3.8, 4) is 11.5 Å². The number of para-hydroxylation sites is 1. The second-order valence-corrected chi connectivity index (χ2v) is 4.84. The van der Waals surface area contributed by atoms with Crippen LogP contribution in [0.1, 0.15) is 5.56 Å². The van der Waals surface area contributed by atoms with Crippen LogP contribution in [0.15, 0.2) is 53.0 Å². The van der Waals surface area contributed by atoms with E-state index >= 15 is 0 Å². The fourth-order valence-electron chi connectivity index (χ4n) is 1.64. The molecule has 0 atom stereocenters. The molecule has 4 heteroatoms. The van der Waals surface area contributed by atoms with Crippen molar-refractivity contribution >= 4 is 15.9 Å². The van der Waals surface area contributed by atoms with Gasteiger partial charge in [0.25, 0.3) is 0 Å². The molecule has 2 aromatic rings. The van der Waals surface area contributed by atoms with E-state index in [2.05, 4.69) is 15.9 Å². The van der Waals surface area contributed by atoms with Crippen molar-refractivity contribution in [1.82, 2.24) is 0 Å². The van der Waals surface area contributed by atoms with Gasteiger partial charge in [0.15, 0.2) is 0 Å². The van der Waals surface area contributed by atoms with E-state index in [0.717, 1.165) is 15.8 Å². The van der Waals surface area contributed by atoms with Crippen molar-refractivity contribution in [1.29, 1.82) is 0 Å². The van der Waals surface area contributed by atoms with E-state index in [4.69, 9.17) is 9.47 Å². The Morgan fingerprint density at radius 3 is 2.42 bits per heavy atom. The lowest BCUT2D eigenvalue weighted by Crippen LogP contribution is -2.10. The number of halogens is 1. The summed E-state index contributed by atoms with van der Waals surface area (Å²) in [6.07, 6.45) is 0. The second-order valence-electron chi connectivity index (χ2n) is 3.92. The van der Waals surface area contributed by atoms with E-state index in [1.807, 2.05) is 48.5 Å². The fraction of sp³-hybridized carbons (Fsp3) is 0.200. The topological polar surface area (TPSA) is 38.7 Å². The number of hydrogen-bond donors (Lipinski definition) is 1. The maximum Gasteiger partial charge on any atom is 0.125 e. The van der Waals surface area contributed by atoms with Gasteiger partial charge in [-0.3, -0.25) is 0 Å². The van der Waals surface area contributed by atoms with Crippen LogP contribution in [0, 0.1) is 0 Å². The highest BCUT2D eigenvalue weighted by Crippen LogP contribution is 2.23. The molecule has 0 heterocycles. The van der Waals surface area contributed by atoms with Gasteiger partial charge in [-0.2, -0.15) is 0 Å². The SMILES string of the molecule is OCc1cc(Br)ccc1OCCOc1ccccc1. The van der Waals surface area contributed by atoms with Crippen molar-refractivity contribution in [3.05, 3.63) is 58.6 Å². The molecule has 2 aromatic carbocycles. The van der Waals surface area contributed by atoms with Crippen LogP contribution in [-0.4, -0.2) is 18.3 Å². The summed E-state index contributed by atoms with van der Waals surface area (Å²) < 4.78 is 12.0. The van der Waals surface area contributed by atoms with E-state index in [9.17, 15) is 5.11 Å². The van der Waals surface area contributed by atoms with Crippen LogP contribution in [0.2, 0.25) is 0 Å². The smallest absolute Gasteiger partial charge is 0.125 e. The molecule has 0 fully saturated rings. The lowest BCUT2D eigenvalue weighted by atomic mass is 10.2. The molecule has 0 saturated heterocycles. The Hall–Kier alpha value is -1.52. The van der Waals surface area contributed by atoms with Gasteiger partial charge >= 0.3 is 0 Å². The van der Waals surface area contributed by atoms with E-state index in [1.54, 1.807) is 0 Å². The van der Waals surface area contributed by atoms with Crippen molar-refractivity contribution in [2.75, 3.05) is 13.2 Å². The summed E-state index contributed by atoms with van der Waals surface area (Å²) in [7, 11) is 0. The minimum Gasteiger partial charge on any atom is -0.490 e. The first-order chi connectivity index (χ1) is 9.29. The van der Waals surface area contributed by atoms with Gasteiger partial charge in [0.05, 0.1) is 6.61 Å². The molecule has 0 saturated carbocycles. The standard InChI is InChI=1S/C15H15BrO3/c16-13-6-7-15(12(10-13)11-17)19-9-8-18-14-4-2-1-3-5-14/h1-7,10,17H,8-9,11H2. The molecular weight excluding hydrogens is 308 g/mol. The van der Waals surface area contributed by atoms with Crippen LogP contribution in [-0.2, 0) is 6.61 Å². The predicted molar refractivity (Wildman–Crippen MR) is 77.5 cm³/mol. The average molecular weight is 323 g/mol. The summed E-state index contributed by atoms with van der Waals surface area (Å²) in [6, 6.07) is 15.2. The zero-order valence-electron chi connectivity index (χ0n) is 10.4. The van der Waals surface area contributed by atoms with Crippen LogP contribution in [0.4, 0.5) is 0 Å². The Balaban J connectivity index is 1.83. The minimum atomic E-state index is -0.0473. The normalized spacial score (nSPS) is 10.2. The third kappa shape index (κ3) is 4.26. The Kier molecular flexibility index (Phi) is 5.24. The molecule has 19 heavy (non-hydrogen) atoms. The molecule has 0 aliphatic carbocycles. The molecule has 0 spiro atoms. The Morgan fingerprint density at radius 2 is 1.68 bits per heavy atom. The maximum atomic E-state index is 9.25. The van der Waals surface area contributed by atoms with Crippen molar-refractivity contribution < 1.29 is 14.6 Å². The van der Waals surface area contributed by atoms with Gasteiger partial charge in [-0.15, -0.1) is 0 Å². The Bertz CT molecular complexity index is 514. The molecule has 0 aliphatic rings. The number of hydrogen-bond acceptors (Lipinski definition) is 3. The monoisotopic (exact) mass is 322 g/mol. The molecule has 0 radical (unpaired) electrons. The van der Waals surface area contributed by atoms with Gasteiger partial charge in [0, 0.05) is 10.0 Å². The number of ether oxygens (including phenoxy) is 2. The molecule has 1 N–H and O–H groups in total. The number of rotatable bonds is 6. The van der Waals surface area contributed by atoms with Crippen LogP contribution in [0.5, 0.6) is 11.5 Å². The Morgan fingerprint density at radius 1 is 0.947 bits per heavy atom. The summed E-state index contributed by atoms with van der Waals surface area (Å²) >= 11 is 3.36. The summed E-state index contributed by atoms with van der Waals surface area (Å²) in [6.45, 7) is 0.850. The zero-order chi connectivity index (χ0) is 13.5. The number of aliphatic hydroxyl groups is 1. The van der Waals surface area contributed by atoms with E-state index in [0.29, 0.717) is 19.0 Å². The largest absolute Gasteiger partial charge is 0.490 e. The number of aliphatic hydroxyl groups excluding tert-OH is 1. The highest BCUT2D eigenvalue weighted by Gasteiger charge is 2.03. The minimum absolute atomic E-state index is 0.0473. The van der Waals surface area contributed by atoms with Crippen LogP contribution < -0.4 is 9.47 Å². The zero-order valence-corrected chi connectivity index (χ0v) is 12.0. The fourth-order valence-corrected chi connectivity index (χ4v) is 2.05. The molecule has 3 nitrogen and oxygen atoms in total. The number of benzene rings is 2. The molecule has 100 valence electrons. The average Bonchev–Trinajstić information content (AvgIpc) is 2.46. The third-order valence-electron chi connectivity index (χ3n) is 2.55. The van der Waals surface area contributed by atoms with Gasteiger partial charge < -0.3 is 14.6 Å². The molecule has 0 aromatic heterocycles. The van der Waals surface area contributed by atoms with Gasteiger partial charge in [0.1, 0.15) is 24.7 Å². The first-order valence-corrected chi connectivity index (χ1v) is 6.79. The molecule has 0 unspecified atom stereocenters. The van der Waals surface area contributed by atoms with Crippen molar-refractivity contribution in [2.24, 2.45) is 0 Å². The molecule has 0 aliphatic heterocycles. The van der Waals surface area contributed by atoms with Crippen LogP contribution in [0.3, 0.4) is 0 Å². The van der Waals surface area contributed by atoms with Crippen LogP contribution >= 0.6 is 15.9 Å². The van der Waals surface area contributed by atoms with Crippen LogP contribution in [0.25, 0.3) is 0 Å². The van der Waals surface area contributed by atoms with Crippen molar-refractivity contribution in [3.63, 3.8) is 0 Å². The van der Waals surface area contributed by atoms with E-state index in [-0.39, 0.29) is 6.61 Å². The predicted octanol–water partition coefficient (Wildman–Crippen LogP) is 3.40. The van der Waals surface area contributed by atoms with Gasteiger partial charge in [-0.05, 0) is 30.3 Å². The third-order valence-corrected chi connectivity index (χ3v) is 3.04. The second kappa shape index (κ2) is 7.16. The maximum absolute atomic E-state index is 9.25. The van der Waals surface area contributed by atoms with Gasteiger partial charge in [0.2, 0.25) is 0 Å². The summed E-state index contributed by atoms with van der Waals surface area (Å²) in [5.41, 5.74) is 0.758. The lowest BCUT2D eigenvalue weighted by Gasteiger charge is -2.11. The van der Waals surface area contributed by atoms with Crippen molar-refractivity contribution in [2.45, 2.75) is 6.61 Å². The first-order valence-electron chi connectivity index (χ1n) is 5.99. The highest BCUT2D eigenvalue weighted by atomic mass is 79.9. The summed E-state index contributed by atoms with van der Waals surface area (Å²) in [5.74, 6) is 1.51.